The monoisotopic (exact) mass is 375 g/mol. The second kappa shape index (κ2) is 7.72. The highest BCUT2D eigenvalue weighted by atomic mass is 32.1. The maximum absolute atomic E-state index is 12.9. The van der Waals surface area contributed by atoms with E-state index >= 15 is 0 Å². The first kappa shape index (κ1) is 18.8. The van der Waals surface area contributed by atoms with E-state index in [0.717, 1.165) is 19.5 Å². The maximum atomic E-state index is 12.9. The van der Waals surface area contributed by atoms with Crippen LogP contribution in [-0.2, 0) is 11.3 Å². The topological polar surface area (TPSA) is 67.3 Å². The molecule has 0 radical (unpaired) electrons. The van der Waals surface area contributed by atoms with Crippen LogP contribution in [-0.4, -0.2) is 47.2 Å². The van der Waals surface area contributed by atoms with Crippen molar-refractivity contribution in [2.24, 2.45) is 11.8 Å². The number of nitrogens with one attached hydrogen (secondary N) is 1. The van der Waals surface area contributed by atoms with Crippen LogP contribution in [0.25, 0.3) is 10.9 Å². The molecule has 1 fully saturated rings. The molecule has 1 amide bonds. The van der Waals surface area contributed by atoms with Gasteiger partial charge >= 0.3 is 0 Å². The van der Waals surface area contributed by atoms with Gasteiger partial charge in [-0.2, -0.15) is 0 Å². The number of ether oxygens (including phenoxy) is 1. The number of aromatic amines is 1. The number of benzene rings is 1. The van der Waals surface area contributed by atoms with E-state index in [-0.39, 0.29) is 11.5 Å². The lowest BCUT2D eigenvalue weighted by Crippen LogP contribution is -2.42. The van der Waals surface area contributed by atoms with Crippen LogP contribution in [0.5, 0.6) is 0 Å². The number of methoxy groups -OCH3 is 1. The van der Waals surface area contributed by atoms with Crippen molar-refractivity contribution >= 4 is 29.0 Å². The van der Waals surface area contributed by atoms with E-state index in [4.69, 9.17) is 17.0 Å². The predicted octanol–water partition coefficient (Wildman–Crippen LogP) is 2.82. The molecule has 2 heterocycles. The summed E-state index contributed by atoms with van der Waals surface area (Å²) in [5.41, 5.74) is 1.01. The van der Waals surface area contributed by atoms with Crippen LogP contribution in [0, 0.1) is 16.6 Å². The zero-order chi connectivity index (χ0) is 18.8. The summed E-state index contributed by atoms with van der Waals surface area (Å²) >= 11 is 5.30. The molecule has 140 valence electrons. The first-order chi connectivity index (χ1) is 12.4. The smallest absolute Gasteiger partial charge is 0.262 e. The number of carbonyl (C=O) groups is 1. The molecular formula is C19H25N3O3S. The molecule has 26 heavy (non-hydrogen) atoms. The fourth-order valence-corrected chi connectivity index (χ4v) is 4.07. The number of rotatable bonds is 4. The van der Waals surface area contributed by atoms with E-state index in [1.54, 1.807) is 25.3 Å². The second-order valence-corrected chi connectivity index (χ2v) is 7.68. The molecule has 0 aliphatic carbocycles. The third-order valence-electron chi connectivity index (χ3n) is 4.90. The third-order valence-corrected chi connectivity index (χ3v) is 5.23. The van der Waals surface area contributed by atoms with Gasteiger partial charge in [0, 0.05) is 25.8 Å². The number of carbonyl (C=O) groups excluding carboxylic acids is 1. The molecule has 1 aliphatic rings. The summed E-state index contributed by atoms with van der Waals surface area (Å²) in [7, 11) is 1.58. The average molecular weight is 375 g/mol. The van der Waals surface area contributed by atoms with Gasteiger partial charge in [0.1, 0.15) is 0 Å². The van der Waals surface area contributed by atoms with Crippen LogP contribution in [0.4, 0.5) is 0 Å². The van der Waals surface area contributed by atoms with Gasteiger partial charge in [0.25, 0.3) is 11.5 Å². The van der Waals surface area contributed by atoms with Crippen LogP contribution < -0.4 is 5.56 Å². The largest absolute Gasteiger partial charge is 0.383 e. The SMILES string of the molecule is COCCn1c(=S)[nH]c2cc(C(=O)N3C[C@H](C)C[C@@H](C)C3)ccc2c1=O. The number of likely N-dealkylation sites (tertiary alicyclic amines) is 1. The van der Waals surface area contributed by atoms with Crippen LogP contribution in [0.2, 0.25) is 0 Å². The molecule has 7 heteroatoms. The van der Waals surface area contributed by atoms with Crippen LogP contribution >= 0.6 is 12.2 Å². The Morgan fingerprint density at radius 1 is 1.31 bits per heavy atom. The molecule has 1 saturated heterocycles. The zero-order valence-corrected chi connectivity index (χ0v) is 16.3. The van der Waals surface area contributed by atoms with Crippen LogP contribution in [0.3, 0.4) is 0 Å². The van der Waals surface area contributed by atoms with E-state index in [9.17, 15) is 9.59 Å². The number of piperidine rings is 1. The summed E-state index contributed by atoms with van der Waals surface area (Å²) in [4.78, 5) is 30.5. The van der Waals surface area contributed by atoms with Crippen LogP contribution in [0.1, 0.15) is 30.6 Å². The number of fused-ring (bicyclic) bond motifs is 1. The standard InChI is InChI=1S/C19H25N3O3S/c1-12-8-13(2)11-21(10-12)17(23)14-4-5-15-16(9-14)20-19(26)22(18(15)24)6-7-25-3/h4-5,9,12-13H,6-8,10-11H2,1-3H3,(H,20,26)/t12-,13-/m1/s1. The van der Waals surface area contributed by atoms with E-state index in [0.29, 0.717) is 46.2 Å². The fourth-order valence-electron chi connectivity index (χ4n) is 3.78. The number of aromatic nitrogens is 2. The molecule has 3 rings (SSSR count). The summed E-state index contributed by atoms with van der Waals surface area (Å²) in [6, 6.07) is 5.17. The quantitative estimate of drug-likeness (QED) is 0.835. The van der Waals surface area contributed by atoms with Crippen molar-refractivity contribution in [1.82, 2.24) is 14.5 Å². The minimum Gasteiger partial charge on any atom is -0.383 e. The Labute approximate surface area is 157 Å². The molecule has 2 aromatic rings. The van der Waals surface area contributed by atoms with Crippen molar-refractivity contribution in [3.63, 3.8) is 0 Å². The van der Waals surface area contributed by atoms with Gasteiger partial charge < -0.3 is 14.6 Å². The minimum absolute atomic E-state index is 0.00757. The Morgan fingerprint density at radius 2 is 2.00 bits per heavy atom. The number of hydrogen-bond donors (Lipinski definition) is 1. The normalized spacial score (nSPS) is 20.5. The minimum atomic E-state index is -0.167. The van der Waals surface area contributed by atoms with E-state index in [1.165, 1.54) is 4.57 Å². The Hall–Kier alpha value is -1.99. The number of H-pyrrole nitrogens is 1. The molecule has 0 saturated carbocycles. The maximum Gasteiger partial charge on any atom is 0.262 e. The Morgan fingerprint density at radius 3 is 2.65 bits per heavy atom. The predicted molar refractivity (Wildman–Crippen MR) is 104 cm³/mol. The van der Waals surface area contributed by atoms with Gasteiger partial charge in [0.15, 0.2) is 4.77 Å². The van der Waals surface area contributed by atoms with Gasteiger partial charge in [0.05, 0.1) is 24.1 Å². The number of amides is 1. The summed E-state index contributed by atoms with van der Waals surface area (Å²) < 4.78 is 6.85. The number of hydrogen-bond acceptors (Lipinski definition) is 4. The Kier molecular flexibility index (Phi) is 5.58. The molecular weight excluding hydrogens is 350 g/mol. The molecule has 2 atom stereocenters. The first-order valence-electron chi connectivity index (χ1n) is 8.95. The van der Waals surface area contributed by atoms with E-state index in [2.05, 4.69) is 18.8 Å². The molecule has 0 unspecified atom stereocenters. The fraction of sp³-hybridized carbons (Fsp3) is 0.526. The average Bonchev–Trinajstić information content (AvgIpc) is 2.59. The van der Waals surface area contributed by atoms with Crippen molar-refractivity contribution in [3.05, 3.63) is 38.9 Å². The van der Waals surface area contributed by atoms with Gasteiger partial charge in [-0.25, -0.2) is 0 Å². The lowest BCUT2D eigenvalue weighted by molar-refractivity contribution is 0.0623. The molecule has 0 bridgehead atoms. The molecule has 6 nitrogen and oxygen atoms in total. The molecule has 1 aliphatic heterocycles. The third kappa shape index (κ3) is 3.73. The highest BCUT2D eigenvalue weighted by molar-refractivity contribution is 7.71. The van der Waals surface area contributed by atoms with Gasteiger partial charge in [-0.05, 0) is 48.7 Å². The molecule has 1 aromatic carbocycles. The van der Waals surface area contributed by atoms with Crippen molar-refractivity contribution in [2.75, 3.05) is 26.8 Å². The number of nitrogens with zero attached hydrogens (tertiary/aromatic N) is 2. The first-order valence-corrected chi connectivity index (χ1v) is 9.36. The summed E-state index contributed by atoms with van der Waals surface area (Å²) in [6.45, 7) is 6.70. The molecule has 0 spiro atoms. The molecule has 1 aromatic heterocycles. The lowest BCUT2D eigenvalue weighted by atomic mass is 9.91. The lowest BCUT2D eigenvalue weighted by Gasteiger charge is -2.35. The van der Waals surface area contributed by atoms with Gasteiger partial charge in [-0.15, -0.1) is 0 Å². The van der Waals surface area contributed by atoms with Gasteiger partial charge in [-0.1, -0.05) is 13.8 Å². The summed E-state index contributed by atoms with van der Waals surface area (Å²) in [5.74, 6) is 1.01. The Balaban J connectivity index is 1.95. The van der Waals surface area contributed by atoms with Crippen molar-refractivity contribution in [1.29, 1.82) is 0 Å². The summed E-state index contributed by atoms with van der Waals surface area (Å²) in [5, 5.41) is 0.520. The van der Waals surface area contributed by atoms with Crippen molar-refractivity contribution in [3.8, 4) is 0 Å². The van der Waals surface area contributed by atoms with Gasteiger partial charge in [-0.3, -0.25) is 14.2 Å². The Bertz CT molecular complexity index is 924. The van der Waals surface area contributed by atoms with E-state index < -0.39 is 0 Å². The zero-order valence-electron chi connectivity index (χ0n) is 15.4. The van der Waals surface area contributed by atoms with E-state index in [1.807, 2.05) is 4.90 Å². The van der Waals surface area contributed by atoms with Crippen molar-refractivity contribution < 1.29 is 9.53 Å². The summed E-state index contributed by atoms with van der Waals surface area (Å²) in [6.07, 6.45) is 1.15. The van der Waals surface area contributed by atoms with Crippen molar-refractivity contribution in [2.45, 2.75) is 26.8 Å². The van der Waals surface area contributed by atoms with Gasteiger partial charge in [0.2, 0.25) is 0 Å². The van der Waals surface area contributed by atoms with Crippen LogP contribution in [0.15, 0.2) is 23.0 Å². The molecule has 1 N–H and O–H groups in total. The second-order valence-electron chi connectivity index (χ2n) is 7.30. The highest BCUT2D eigenvalue weighted by Crippen LogP contribution is 2.23. The highest BCUT2D eigenvalue weighted by Gasteiger charge is 2.26.